The second-order valence-electron chi connectivity index (χ2n) is 3.44. The Morgan fingerprint density at radius 1 is 1.27 bits per heavy atom. The Morgan fingerprint density at radius 3 is 2.40 bits per heavy atom. The van der Waals surface area contributed by atoms with Crippen LogP contribution in [0.15, 0.2) is 18.2 Å². The Bertz CT molecular complexity index is 334. The largest absolute Gasteiger partial charge is 0.496 e. The average Bonchev–Trinajstić information content (AvgIpc) is 2.28. The van der Waals surface area contributed by atoms with Crippen LogP contribution in [0.25, 0.3) is 0 Å². The molecule has 0 unspecified atom stereocenters. The topological polar surface area (TPSA) is 9.23 Å². The molecule has 0 heterocycles. The Morgan fingerprint density at radius 2 is 1.93 bits per heavy atom. The highest BCUT2D eigenvalue weighted by Gasteiger charge is 2.29. The van der Waals surface area contributed by atoms with Crippen molar-refractivity contribution in [3.63, 3.8) is 0 Å². The van der Waals surface area contributed by atoms with E-state index in [4.69, 9.17) is 4.74 Å². The number of halogens is 2. The number of aryl methyl sites for hydroxylation is 1. The third kappa shape index (κ3) is 2.46. The molecule has 0 atom stereocenters. The molecule has 84 valence electrons. The first-order valence-corrected chi connectivity index (χ1v) is 5.10. The first kappa shape index (κ1) is 12.0. The van der Waals surface area contributed by atoms with Crippen LogP contribution >= 0.6 is 0 Å². The number of benzene rings is 1. The first-order chi connectivity index (χ1) is 7.05. The second-order valence-corrected chi connectivity index (χ2v) is 3.44. The van der Waals surface area contributed by atoms with Gasteiger partial charge in [-0.3, -0.25) is 0 Å². The molecule has 1 aromatic rings. The van der Waals surface area contributed by atoms with Crippen molar-refractivity contribution in [2.75, 3.05) is 7.11 Å². The van der Waals surface area contributed by atoms with Crippen molar-refractivity contribution >= 4 is 0 Å². The lowest BCUT2D eigenvalue weighted by atomic mass is 10.0. The van der Waals surface area contributed by atoms with Crippen LogP contribution in [0.5, 0.6) is 5.75 Å². The third-order valence-corrected chi connectivity index (χ3v) is 2.53. The molecule has 0 aromatic heterocycles. The van der Waals surface area contributed by atoms with E-state index in [0.29, 0.717) is 12.2 Å². The summed E-state index contributed by atoms with van der Waals surface area (Å²) in [5.74, 6) is -2.07. The molecular weight excluding hydrogens is 198 g/mol. The van der Waals surface area contributed by atoms with E-state index in [1.807, 2.05) is 6.92 Å². The highest BCUT2D eigenvalue weighted by molar-refractivity contribution is 5.38. The van der Waals surface area contributed by atoms with Gasteiger partial charge in [-0.25, -0.2) is 8.78 Å². The summed E-state index contributed by atoms with van der Waals surface area (Å²) in [5.41, 5.74) is 0.894. The van der Waals surface area contributed by atoms with Gasteiger partial charge >= 0.3 is 0 Å². The van der Waals surface area contributed by atoms with Crippen molar-refractivity contribution in [1.82, 2.24) is 0 Å². The highest BCUT2D eigenvalue weighted by atomic mass is 19.3. The first-order valence-electron chi connectivity index (χ1n) is 5.10. The molecule has 0 aliphatic heterocycles. The van der Waals surface area contributed by atoms with Gasteiger partial charge in [-0.2, -0.15) is 0 Å². The van der Waals surface area contributed by atoms with Crippen molar-refractivity contribution in [3.8, 4) is 5.75 Å². The Balaban J connectivity index is 3.13. The van der Waals surface area contributed by atoms with Gasteiger partial charge in [0.1, 0.15) is 5.75 Å². The maximum absolute atomic E-state index is 13.4. The normalized spacial score (nSPS) is 11.5. The molecule has 0 bridgehead atoms. The van der Waals surface area contributed by atoms with Gasteiger partial charge in [0.25, 0.3) is 5.92 Å². The van der Waals surface area contributed by atoms with Gasteiger partial charge in [0.2, 0.25) is 0 Å². The molecule has 0 spiro atoms. The molecule has 0 saturated carbocycles. The lowest BCUT2D eigenvalue weighted by Crippen LogP contribution is -2.12. The molecule has 0 amide bonds. The molecular formula is C12H16F2O. The van der Waals surface area contributed by atoms with Crippen LogP contribution in [0.4, 0.5) is 8.78 Å². The summed E-state index contributed by atoms with van der Waals surface area (Å²) >= 11 is 0. The van der Waals surface area contributed by atoms with Gasteiger partial charge in [0, 0.05) is 12.0 Å². The summed E-state index contributed by atoms with van der Waals surface area (Å²) in [6.07, 6.45) is 0.513. The molecule has 0 saturated heterocycles. The lowest BCUT2D eigenvalue weighted by molar-refractivity contribution is -0.00838. The second kappa shape index (κ2) is 4.60. The summed E-state index contributed by atoms with van der Waals surface area (Å²) in [6.45, 7) is 3.40. The summed E-state index contributed by atoms with van der Waals surface area (Å²) < 4.78 is 31.9. The molecule has 3 heteroatoms. The van der Waals surface area contributed by atoms with E-state index in [9.17, 15) is 8.78 Å². The van der Waals surface area contributed by atoms with E-state index < -0.39 is 5.92 Å². The fourth-order valence-electron chi connectivity index (χ4n) is 1.49. The maximum Gasteiger partial charge on any atom is 0.273 e. The minimum Gasteiger partial charge on any atom is -0.496 e. The molecule has 0 aliphatic carbocycles. The van der Waals surface area contributed by atoms with Gasteiger partial charge in [0.15, 0.2) is 0 Å². The molecule has 15 heavy (non-hydrogen) atoms. The van der Waals surface area contributed by atoms with Crippen LogP contribution in [-0.4, -0.2) is 7.11 Å². The predicted octanol–water partition coefficient (Wildman–Crippen LogP) is 3.76. The van der Waals surface area contributed by atoms with Crippen molar-refractivity contribution in [2.24, 2.45) is 0 Å². The van der Waals surface area contributed by atoms with Gasteiger partial charge in [-0.15, -0.1) is 0 Å². The number of methoxy groups -OCH3 is 1. The number of rotatable bonds is 4. The van der Waals surface area contributed by atoms with Crippen molar-refractivity contribution in [1.29, 1.82) is 0 Å². The van der Waals surface area contributed by atoms with Crippen molar-refractivity contribution in [2.45, 2.75) is 32.6 Å². The number of hydrogen-bond donors (Lipinski definition) is 0. The summed E-state index contributed by atoms with van der Waals surface area (Å²) in [4.78, 5) is 0. The zero-order valence-electron chi connectivity index (χ0n) is 9.31. The smallest absolute Gasteiger partial charge is 0.273 e. The summed E-state index contributed by atoms with van der Waals surface area (Å²) in [6, 6.07) is 4.57. The summed E-state index contributed by atoms with van der Waals surface area (Å²) in [7, 11) is 1.55. The zero-order valence-corrected chi connectivity index (χ0v) is 9.31. The third-order valence-electron chi connectivity index (χ3n) is 2.53. The van der Waals surface area contributed by atoms with Crippen LogP contribution in [0.3, 0.4) is 0 Å². The molecule has 1 nitrogen and oxygen atoms in total. The van der Waals surface area contributed by atoms with E-state index in [-0.39, 0.29) is 12.0 Å². The molecule has 1 aromatic carbocycles. The number of hydrogen-bond acceptors (Lipinski definition) is 1. The van der Waals surface area contributed by atoms with Crippen molar-refractivity contribution < 1.29 is 13.5 Å². The number of alkyl halides is 2. The van der Waals surface area contributed by atoms with Crippen LogP contribution < -0.4 is 4.74 Å². The van der Waals surface area contributed by atoms with Crippen LogP contribution in [-0.2, 0) is 12.3 Å². The van der Waals surface area contributed by atoms with Crippen molar-refractivity contribution in [3.05, 3.63) is 29.3 Å². The minimum atomic E-state index is -2.74. The maximum atomic E-state index is 13.4. The van der Waals surface area contributed by atoms with E-state index in [2.05, 4.69) is 0 Å². The Kier molecular flexibility index (Phi) is 3.66. The van der Waals surface area contributed by atoms with Crippen LogP contribution in [0.2, 0.25) is 0 Å². The van der Waals surface area contributed by atoms with E-state index in [0.717, 1.165) is 5.56 Å². The van der Waals surface area contributed by atoms with E-state index >= 15 is 0 Å². The van der Waals surface area contributed by atoms with Crippen LogP contribution in [0.1, 0.15) is 31.4 Å². The van der Waals surface area contributed by atoms with Gasteiger partial charge in [-0.05, 0) is 30.2 Å². The predicted molar refractivity (Wildman–Crippen MR) is 56.6 cm³/mol. The fraction of sp³-hybridized carbons (Fsp3) is 0.500. The Hall–Kier alpha value is -1.12. The molecule has 0 aliphatic rings. The van der Waals surface area contributed by atoms with Gasteiger partial charge < -0.3 is 4.74 Å². The zero-order chi connectivity index (χ0) is 11.5. The van der Waals surface area contributed by atoms with Gasteiger partial charge in [-0.1, -0.05) is 13.8 Å². The van der Waals surface area contributed by atoms with E-state index in [1.165, 1.54) is 19.1 Å². The monoisotopic (exact) mass is 214 g/mol. The average molecular weight is 214 g/mol. The van der Waals surface area contributed by atoms with Gasteiger partial charge in [0.05, 0.1) is 7.11 Å². The standard InChI is InChI=1S/C12H16F2O/c1-4-9-8-10(12(13,14)5-2)6-7-11(9)15-3/h6-8H,4-5H2,1-3H3. The quantitative estimate of drug-likeness (QED) is 0.741. The minimum absolute atomic E-state index is 0.0719. The fourth-order valence-corrected chi connectivity index (χ4v) is 1.49. The van der Waals surface area contributed by atoms with Crippen LogP contribution in [0, 0.1) is 0 Å². The summed E-state index contributed by atoms with van der Waals surface area (Å²) in [5, 5.41) is 0. The van der Waals surface area contributed by atoms with E-state index in [1.54, 1.807) is 13.2 Å². The number of ether oxygens (including phenoxy) is 1. The Labute approximate surface area is 89.1 Å². The molecule has 0 N–H and O–H groups in total. The molecule has 0 radical (unpaired) electrons. The highest BCUT2D eigenvalue weighted by Crippen LogP contribution is 2.34. The SMILES string of the molecule is CCc1cc(C(F)(F)CC)ccc1OC. The molecule has 0 fully saturated rings. The molecule has 1 rings (SSSR count). The lowest BCUT2D eigenvalue weighted by Gasteiger charge is -2.16.